The van der Waals surface area contributed by atoms with Crippen LogP contribution < -0.4 is 9.80 Å². The molecular weight excluding hydrogens is 271 g/mol. The smallest absolute Gasteiger partial charge is 0.303 e. The lowest BCUT2D eigenvalue weighted by molar-refractivity contribution is -0.899. The molecule has 2 aliphatic heterocycles. The molecule has 0 atom stereocenters. The Kier molecular flexibility index (Phi) is 4.01. The predicted molar refractivity (Wildman–Crippen MR) is 76.9 cm³/mol. The Labute approximate surface area is 123 Å². The van der Waals surface area contributed by atoms with Gasteiger partial charge in [-0.05, 0) is 43.9 Å². The van der Waals surface area contributed by atoms with E-state index in [2.05, 4.69) is 0 Å². The lowest BCUT2D eigenvalue weighted by Gasteiger charge is -2.26. The molecule has 1 amide bonds. The third-order valence-corrected chi connectivity index (χ3v) is 4.38. The van der Waals surface area contributed by atoms with Crippen LogP contribution in [0, 0.1) is 5.82 Å². The summed E-state index contributed by atoms with van der Waals surface area (Å²) in [6, 6.07) is 4.01. The van der Waals surface area contributed by atoms with E-state index in [-0.39, 0.29) is 5.56 Å². The molecule has 1 saturated heterocycles. The maximum atomic E-state index is 13.3. The van der Waals surface area contributed by atoms with Crippen molar-refractivity contribution in [3.05, 3.63) is 29.6 Å². The third kappa shape index (κ3) is 2.83. The minimum Gasteiger partial charge on any atom is -0.317 e. The molecule has 0 saturated carbocycles. The van der Waals surface area contributed by atoms with Gasteiger partial charge in [0.2, 0.25) is 0 Å². The lowest BCUT2D eigenvalue weighted by atomic mass is 10.1. The van der Waals surface area contributed by atoms with Gasteiger partial charge in [-0.3, -0.25) is 14.5 Å². The van der Waals surface area contributed by atoms with Gasteiger partial charge < -0.3 is 4.90 Å². The van der Waals surface area contributed by atoms with Gasteiger partial charge in [0, 0.05) is 0 Å². The first kappa shape index (κ1) is 14.2. The van der Waals surface area contributed by atoms with Crippen molar-refractivity contribution in [2.45, 2.75) is 32.1 Å². The monoisotopic (exact) mass is 291 g/mol. The van der Waals surface area contributed by atoms with E-state index in [0.717, 1.165) is 25.9 Å². The summed E-state index contributed by atoms with van der Waals surface area (Å²) in [6.07, 6.45) is 6.07. The molecule has 0 spiro atoms. The van der Waals surface area contributed by atoms with E-state index in [4.69, 9.17) is 0 Å². The summed E-state index contributed by atoms with van der Waals surface area (Å²) in [4.78, 5) is 26.9. The highest BCUT2D eigenvalue weighted by Crippen LogP contribution is 2.28. The molecule has 1 aromatic carbocycles. The second kappa shape index (κ2) is 5.93. The van der Waals surface area contributed by atoms with Crippen LogP contribution in [0.2, 0.25) is 0 Å². The molecule has 5 heteroatoms. The SMILES string of the molecule is O=C1C(=O)N(C[NH+]2CCCCCCC2)c2ccc(F)cc21. The number of nitrogens with zero attached hydrogens (tertiary/aromatic N) is 1. The quantitative estimate of drug-likeness (QED) is 0.831. The largest absolute Gasteiger partial charge is 0.317 e. The fourth-order valence-electron chi connectivity index (χ4n) is 3.22. The summed E-state index contributed by atoms with van der Waals surface area (Å²) in [5.41, 5.74) is 0.757. The van der Waals surface area contributed by atoms with Crippen molar-refractivity contribution >= 4 is 17.4 Å². The number of halogens is 1. The van der Waals surface area contributed by atoms with Crippen LogP contribution in [-0.4, -0.2) is 31.4 Å². The van der Waals surface area contributed by atoms with E-state index in [1.54, 1.807) is 0 Å². The third-order valence-electron chi connectivity index (χ3n) is 4.38. The number of anilines is 1. The Hall–Kier alpha value is -1.75. The van der Waals surface area contributed by atoms with Crippen LogP contribution in [0.15, 0.2) is 18.2 Å². The van der Waals surface area contributed by atoms with Gasteiger partial charge in [-0.15, -0.1) is 0 Å². The van der Waals surface area contributed by atoms with Crippen LogP contribution in [0.3, 0.4) is 0 Å². The molecule has 4 nitrogen and oxygen atoms in total. The Morgan fingerprint density at radius 1 is 1.05 bits per heavy atom. The number of carbonyl (C=O) groups is 2. The number of Topliss-reactive ketones (excluding diaryl/α,β-unsaturated/α-hetero) is 1. The topological polar surface area (TPSA) is 41.8 Å². The summed E-state index contributed by atoms with van der Waals surface area (Å²) < 4.78 is 13.3. The molecule has 1 fully saturated rings. The van der Waals surface area contributed by atoms with Gasteiger partial charge >= 0.3 is 5.91 Å². The van der Waals surface area contributed by atoms with E-state index < -0.39 is 17.5 Å². The Morgan fingerprint density at radius 2 is 1.71 bits per heavy atom. The maximum absolute atomic E-state index is 13.3. The molecule has 1 aromatic rings. The van der Waals surface area contributed by atoms with Gasteiger partial charge in [-0.1, -0.05) is 6.42 Å². The highest BCUT2D eigenvalue weighted by Gasteiger charge is 2.38. The van der Waals surface area contributed by atoms with E-state index in [9.17, 15) is 14.0 Å². The minimum absolute atomic E-state index is 0.200. The highest BCUT2D eigenvalue weighted by atomic mass is 19.1. The van der Waals surface area contributed by atoms with Gasteiger partial charge in [0.15, 0.2) is 6.67 Å². The number of benzene rings is 1. The van der Waals surface area contributed by atoms with Crippen LogP contribution in [0.4, 0.5) is 10.1 Å². The van der Waals surface area contributed by atoms with Crippen LogP contribution >= 0.6 is 0 Å². The van der Waals surface area contributed by atoms with Crippen molar-refractivity contribution in [3.8, 4) is 0 Å². The number of quaternary nitrogens is 1. The number of carbonyl (C=O) groups excluding carboxylic acids is 2. The zero-order valence-electron chi connectivity index (χ0n) is 12.0. The highest BCUT2D eigenvalue weighted by molar-refractivity contribution is 6.52. The van der Waals surface area contributed by atoms with Crippen LogP contribution in [0.5, 0.6) is 0 Å². The molecule has 3 rings (SSSR count). The first-order valence-corrected chi connectivity index (χ1v) is 7.66. The van der Waals surface area contributed by atoms with Crippen LogP contribution in [0.25, 0.3) is 0 Å². The van der Waals surface area contributed by atoms with Gasteiger partial charge in [0.25, 0.3) is 5.78 Å². The van der Waals surface area contributed by atoms with Gasteiger partial charge in [0.1, 0.15) is 5.82 Å². The Balaban J connectivity index is 1.79. The average molecular weight is 291 g/mol. The van der Waals surface area contributed by atoms with Crippen LogP contribution in [-0.2, 0) is 4.79 Å². The zero-order valence-corrected chi connectivity index (χ0v) is 12.0. The lowest BCUT2D eigenvalue weighted by Crippen LogP contribution is -3.13. The summed E-state index contributed by atoms with van der Waals surface area (Å²) in [5, 5.41) is 0. The second-order valence-electron chi connectivity index (χ2n) is 5.90. The number of amides is 1. The first-order valence-electron chi connectivity index (χ1n) is 7.66. The Bertz CT molecular complexity index is 565. The molecular formula is C16H20FN2O2+. The number of rotatable bonds is 2. The van der Waals surface area contributed by atoms with Crippen molar-refractivity contribution in [1.82, 2.24) is 0 Å². The fourth-order valence-corrected chi connectivity index (χ4v) is 3.22. The number of hydrogen-bond acceptors (Lipinski definition) is 2. The summed E-state index contributed by atoms with van der Waals surface area (Å²) in [6.45, 7) is 2.55. The number of likely N-dealkylation sites (tertiary alicyclic amines) is 1. The zero-order chi connectivity index (χ0) is 14.8. The average Bonchev–Trinajstić information content (AvgIpc) is 2.66. The molecule has 0 aliphatic carbocycles. The summed E-state index contributed by atoms with van der Waals surface area (Å²) >= 11 is 0. The van der Waals surface area contributed by atoms with Crippen molar-refractivity contribution in [1.29, 1.82) is 0 Å². The normalized spacial score (nSPS) is 20.3. The predicted octanol–water partition coefficient (Wildman–Crippen LogP) is 1.16. The van der Waals surface area contributed by atoms with Crippen molar-refractivity contribution < 1.29 is 18.9 Å². The standard InChI is InChI=1S/C16H19FN2O2/c17-12-6-7-14-13(10-12)15(20)16(21)19(14)11-18-8-4-2-1-3-5-9-18/h6-7,10H,1-5,8-9,11H2/p+1. The molecule has 1 N–H and O–H groups in total. The molecule has 0 radical (unpaired) electrons. The molecule has 2 heterocycles. The van der Waals surface area contributed by atoms with Crippen LogP contribution in [0.1, 0.15) is 42.5 Å². The van der Waals surface area contributed by atoms with E-state index in [1.807, 2.05) is 0 Å². The van der Waals surface area contributed by atoms with E-state index in [0.29, 0.717) is 12.4 Å². The number of fused-ring (bicyclic) bond motifs is 1. The summed E-state index contributed by atoms with van der Waals surface area (Å²) in [5.74, 6) is -1.59. The molecule has 112 valence electrons. The molecule has 0 bridgehead atoms. The van der Waals surface area contributed by atoms with Crippen molar-refractivity contribution in [2.75, 3.05) is 24.7 Å². The number of ketones is 1. The van der Waals surface area contributed by atoms with Crippen molar-refractivity contribution in [2.24, 2.45) is 0 Å². The molecule has 21 heavy (non-hydrogen) atoms. The number of nitrogens with one attached hydrogen (secondary N) is 1. The second-order valence-corrected chi connectivity index (χ2v) is 5.90. The molecule has 0 aromatic heterocycles. The minimum atomic E-state index is -0.587. The first-order chi connectivity index (χ1) is 10.2. The fraction of sp³-hybridized carbons (Fsp3) is 0.500. The molecule has 0 unspecified atom stereocenters. The van der Waals surface area contributed by atoms with E-state index >= 15 is 0 Å². The van der Waals surface area contributed by atoms with E-state index in [1.165, 1.54) is 47.3 Å². The van der Waals surface area contributed by atoms with Gasteiger partial charge in [0.05, 0.1) is 24.3 Å². The van der Waals surface area contributed by atoms with Gasteiger partial charge in [-0.25, -0.2) is 4.39 Å². The van der Waals surface area contributed by atoms with Crippen molar-refractivity contribution in [3.63, 3.8) is 0 Å². The summed E-state index contributed by atoms with van der Waals surface area (Å²) in [7, 11) is 0. The number of hydrogen-bond donors (Lipinski definition) is 1. The maximum Gasteiger partial charge on any atom is 0.303 e. The van der Waals surface area contributed by atoms with Gasteiger partial charge in [-0.2, -0.15) is 0 Å². The Morgan fingerprint density at radius 3 is 2.43 bits per heavy atom. The molecule has 2 aliphatic rings.